The number of aryl methyl sites for hydroxylation is 2. The maximum atomic E-state index is 14.3. The lowest BCUT2D eigenvalue weighted by molar-refractivity contribution is -0.384. The summed E-state index contributed by atoms with van der Waals surface area (Å²) in [5.74, 6) is -1.01. The third-order valence-electron chi connectivity index (χ3n) is 4.37. The highest BCUT2D eigenvalue weighted by Crippen LogP contribution is 2.53. The second-order valence-corrected chi connectivity index (χ2v) is 6.87. The Morgan fingerprint density at radius 2 is 1.48 bits per heavy atom. The summed E-state index contributed by atoms with van der Waals surface area (Å²) in [4.78, 5) is 22.5. The van der Waals surface area contributed by atoms with Crippen LogP contribution < -0.4 is 5.32 Å². The largest absolute Gasteiger partial charge is 0.435 e. The van der Waals surface area contributed by atoms with E-state index in [0.29, 0.717) is 12.1 Å². The average molecular weight is 473 g/mol. The Balaban J connectivity index is 2.52. The summed E-state index contributed by atoms with van der Waals surface area (Å²) in [5, 5.41) is 12.6. The zero-order valence-electron chi connectivity index (χ0n) is 15.6. The molecule has 31 heavy (non-hydrogen) atoms. The molecule has 168 valence electrons. The van der Waals surface area contributed by atoms with Crippen molar-refractivity contribution in [3.63, 3.8) is 0 Å². The topological polar surface area (TPSA) is 72.2 Å². The van der Waals surface area contributed by atoms with Crippen LogP contribution in [0.3, 0.4) is 0 Å². The van der Waals surface area contributed by atoms with Crippen LogP contribution in [0.5, 0.6) is 0 Å². The van der Waals surface area contributed by atoms with Crippen LogP contribution in [0.1, 0.15) is 27.0 Å². The zero-order chi connectivity index (χ0) is 23.9. The average Bonchev–Trinajstić information content (AvgIpc) is 2.61. The molecule has 0 heterocycles. The number of amides is 1. The predicted octanol–water partition coefficient (Wildman–Crippen LogP) is 6.41. The van der Waals surface area contributed by atoms with E-state index in [1.165, 1.54) is 0 Å². The molecular weight excluding hydrogens is 461 g/mol. The lowest BCUT2D eigenvalue weighted by atomic mass is 9.90. The lowest BCUT2D eigenvalue weighted by Crippen LogP contribution is -2.50. The van der Waals surface area contributed by atoms with Crippen molar-refractivity contribution in [2.24, 2.45) is 0 Å². The van der Waals surface area contributed by atoms with E-state index in [1.54, 1.807) is 0 Å². The van der Waals surface area contributed by atoms with Gasteiger partial charge >= 0.3 is 18.0 Å². The van der Waals surface area contributed by atoms with Crippen LogP contribution in [0.4, 0.5) is 42.1 Å². The molecule has 0 fully saturated rings. The molecule has 0 aromatic heterocycles. The van der Waals surface area contributed by atoms with Crippen molar-refractivity contribution in [3.05, 3.63) is 67.7 Å². The minimum Gasteiger partial charge on any atom is -0.321 e. The van der Waals surface area contributed by atoms with E-state index in [-0.39, 0.29) is 22.4 Å². The number of rotatable bonds is 4. The molecule has 2 aromatic rings. The maximum absolute atomic E-state index is 14.3. The summed E-state index contributed by atoms with van der Waals surface area (Å²) in [6.07, 6.45) is -12.6. The third-order valence-corrected chi connectivity index (χ3v) is 4.77. The molecule has 0 saturated carbocycles. The van der Waals surface area contributed by atoms with Crippen molar-refractivity contribution in [1.29, 1.82) is 0 Å². The summed E-state index contributed by atoms with van der Waals surface area (Å²) < 4.78 is 92.3. The van der Waals surface area contributed by atoms with Crippen LogP contribution in [0.15, 0.2) is 30.3 Å². The van der Waals surface area contributed by atoms with Gasteiger partial charge in [0.2, 0.25) is 0 Å². The van der Waals surface area contributed by atoms with Gasteiger partial charge in [-0.25, -0.2) is 4.39 Å². The molecule has 0 bridgehead atoms. The minimum absolute atomic E-state index is 0.206. The fraction of sp³-hybridized carbons (Fsp3) is 0.278. The molecule has 1 N–H and O–H groups in total. The number of nitrogens with zero attached hydrogens (tertiary/aromatic N) is 1. The Morgan fingerprint density at radius 1 is 1.00 bits per heavy atom. The van der Waals surface area contributed by atoms with Gasteiger partial charge in [0.25, 0.3) is 11.6 Å². The normalized spacial score (nSPS) is 12.6. The fourth-order valence-electron chi connectivity index (χ4n) is 2.86. The first-order valence-corrected chi connectivity index (χ1v) is 8.58. The molecule has 0 radical (unpaired) electrons. The minimum atomic E-state index is -6.29. The van der Waals surface area contributed by atoms with Crippen LogP contribution in [0.25, 0.3) is 0 Å². The van der Waals surface area contributed by atoms with Crippen molar-refractivity contribution < 1.29 is 40.5 Å². The summed E-state index contributed by atoms with van der Waals surface area (Å²) in [7, 11) is 0. The summed E-state index contributed by atoms with van der Waals surface area (Å²) in [5.41, 5.74) is -9.08. The van der Waals surface area contributed by atoms with Crippen molar-refractivity contribution in [1.82, 2.24) is 0 Å². The number of hydrogen-bond donors (Lipinski definition) is 1. The highest BCUT2D eigenvalue weighted by molar-refractivity contribution is 6.36. The van der Waals surface area contributed by atoms with E-state index in [1.807, 2.05) is 0 Å². The number of benzene rings is 2. The highest BCUT2D eigenvalue weighted by atomic mass is 35.5. The summed E-state index contributed by atoms with van der Waals surface area (Å²) >= 11 is 5.83. The first-order chi connectivity index (χ1) is 14.0. The van der Waals surface area contributed by atoms with Gasteiger partial charge in [-0.2, -0.15) is 26.3 Å². The highest BCUT2D eigenvalue weighted by Gasteiger charge is 2.73. The predicted molar refractivity (Wildman–Crippen MR) is 96.9 cm³/mol. The number of anilines is 1. The Kier molecular flexibility index (Phi) is 6.28. The van der Waals surface area contributed by atoms with Gasteiger partial charge in [0.05, 0.1) is 10.5 Å². The van der Waals surface area contributed by atoms with Gasteiger partial charge in [-0.05, 0) is 31.0 Å². The van der Waals surface area contributed by atoms with E-state index in [9.17, 15) is 45.6 Å². The van der Waals surface area contributed by atoms with Gasteiger partial charge < -0.3 is 5.32 Å². The van der Waals surface area contributed by atoms with E-state index >= 15 is 0 Å². The van der Waals surface area contributed by atoms with E-state index in [0.717, 1.165) is 32.0 Å². The van der Waals surface area contributed by atoms with Gasteiger partial charge in [-0.1, -0.05) is 29.8 Å². The third kappa shape index (κ3) is 4.29. The number of halogens is 8. The van der Waals surface area contributed by atoms with Crippen LogP contribution in [0.2, 0.25) is 5.02 Å². The molecule has 0 unspecified atom stereocenters. The maximum Gasteiger partial charge on any atom is 0.435 e. The molecule has 1 amide bonds. The summed E-state index contributed by atoms with van der Waals surface area (Å²) in [6, 6.07) is 3.95. The van der Waals surface area contributed by atoms with E-state index in [2.05, 4.69) is 5.32 Å². The number of hydrogen-bond acceptors (Lipinski definition) is 3. The first-order valence-electron chi connectivity index (χ1n) is 8.20. The monoisotopic (exact) mass is 472 g/mol. The van der Waals surface area contributed by atoms with Crippen molar-refractivity contribution in [2.45, 2.75) is 31.9 Å². The number of carbonyl (C=O) groups excluding carboxylic acids is 1. The van der Waals surface area contributed by atoms with Gasteiger partial charge in [0.15, 0.2) is 0 Å². The van der Waals surface area contributed by atoms with Crippen LogP contribution in [-0.2, 0) is 5.67 Å². The molecule has 2 aromatic carbocycles. The Labute approximate surface area is 175 Å². The summed E-state index contributed by atoms with van der Waals surface area (Å²) in [6.45, 7) is 2.13. The smallest absolute Gasteiger partial charge is 0.321 e. The van der Waals surface area contributed by atoms with E-state index < -0.39 is 45.1 Å². The van der Waals surface area contributed by atoms with Crippen LogP contribution in [0, 0.1) is 24.0 Å². The molecule has 0 aliphatic carbocycles. The van der Waals surface area contributed by atoms with E-state index in [4.69, 9.17) is 11.6 Å². The molecular formula is C18H12ClF7N2O3. The molecule has 0 atom stereocenters. The number of alkyl halides is 7. The molecule has 13 heteroatoms. The lowest BCUT2D eigenvalue weighted by Gasteiger charge is -2.31. The Morgan fingerprint density at radius 3 is 1.90 bits per heavy atom. The molecule has 2 rings (SSSR count). The number of nitro benzene ring substituents is 1. The zero-order valence-corrected chi connectivity index (χ0v) is 16.3. The number of nitro groups is 1. The van der Waals surface area contributed by atoms with Crippen molar-refractivity contribution in [3.8, 4) is 0 Å². The Hall–Kier alpha value is -2.89. The van der Waals surface area contributed by atoms with Crippen LogP contribution in [-0.4, -0.2) is 23.2 Å². The second-order valence-electron chi connectivity index (χ2n) is 6.49. The standard InChI is InChI=1S/C18H12ClF7N2O3/c1-8-6-10(16(20,17(21,22)23)18(24,25)26)7-9(2)14(8)27-15(29)11-4-3-5-12(13(11)19)28(30)31/h3-7H,1-2H3,(H,27,29). The van der Waals surface area contributed by atoms with Crippen molar-refractivity contribution in [2.75, 3.05) is 5.32 Å². The van der Waals surface area contributed by atoms with Crippen LogP contribution >= 0.6 is 11.6 Å². The molecule has 0 saturated heterocycles. The van der Waals surface area contributed by atoms with Gasteiger partial charge in [0.1, 0.15) is 5.02 Å². The van der Waals surface area contributed by atoms with Gasteiger partial charge in [-0.15, -0.1) is 0 Å². The van der Waals surface area contributed by atoms with Crippen molar-refractivity contribution >= 4 is 28.9 Å². The first kappa shape index (κ1) is 24.4. The number of carbonyl (C=O) groups is 1. The molecule has 0 spiro atoms. The quantitative estimate of drug-likeness (QED) is 0.317. The number of nitrogens with one attached hydrogen (secondary N) is 1. The van der Waals surface area contributed by atoms with Gasteiger partial charge in [0, 0.05) is 17.3 Å². The molecule has 0 aliphatic heterocycles. The molecule has 0 aliphatic rings. The SMILES string of the molecule is Cc1cc(C(F)(C(F)(F)F)C(F)(F)F)cc(C)c1NC(=O)c1cccc([N+](=O)[O-])c1Cl. The Bertz CT molecular complexity index is 1010. The fourth-order valence-corrected chi connectivity index (χ4v) is 3.15. The second kappa shape index (κ2) is 7.98. The van der Waals surface area contributed by atoms with Gasteiger partial charge in [-0.3, -0.25) is 14.9 Å². The molecule has 5 nitrogen and oxygen atoms in total.